The Morgan fingerprint density at radius 3 is 2.34 bits per heavy atom. The van der Waals surface area contributed by atoms with Crippen LogP contribution in [0.25, 0.3) is 11.5 Å². The standard InChI is InChI=1S/C33H31N5O3/c1-3-41-30(39)21-24-16-18-26(19-17-24)34-33(40)37-22-28-23(2)35-38(27-13-8-5-9-14-27)32(28)36-20-10-15-29(36)31(37)25-11-6-4-7-12-25/h4-20,31H,3,21-22H2,1-2H3,(H,34,40). The van der Waals surface area contributed by atoms with E-state index in [1.54, 1.807) is 6.92 Å². The van der Waals surface area contributed by atoms with Crippen molar-refractivity contribution in [2.45, 2.75) is 32.9 Å². The Hall–Kier alpha value is -5.11. The van der Waals surface area contributed by atoms with Crippen LogP contribution in [0.2, 0.25) is 0 Å². The molecule has 41 heavy (non-hydrogen) atoms. The number of amides is 2. The highest BCUT2D eigenvalue weighted by molar-refractivity contribution is 5.90. The first kappa shape index (κ1) is 26.1. The summed E-state index contributed by atoms with van der Waals surface area (Å²) in [6, 6.07) is 30.9. The largest absolute Gasteiger partial charge is 0.466 e. The van der Waals surface area contributed by atoms with Crippen LogP contribution in [0.3, 0.4) is 0 Å². The zero-order chi connectivity index (χ0) is 28.3. The predicted octanol–water partition coefficient (Wildman–Crippen LogP) is 6.21. The second-order valence-corrected chi connectivity index (χ2v) is 9.99. The van der Waals surface area contributed by atoms with Crippen molar-refractivity contribution in [3.05, 3.63) is 131 Å². The molecule has 1 atom stereocenters. The highest BCUT2D eigenvalue weighted by Crippen LogP contribution is 2.38. The van der Waals surface area contributed by atoms with Gasteiger partial charge in [0.15, 0.2) is 0 Å². The molecule has 0 aliphatic carbocycles. The van der Waals surface area contributed by atoms with Crippen molar-refractivity contribution in [2.24, 2.45) is 0 Å². The number of urea groups is 1. The number of ether oxygens (including phenoxy) is 1. The molecule has 0 saturated carbocycles. The third-order valence-electron chi connectivity index (χ3n) is 7.32. The van der Waals surface area contributed by atoms with E-state index in [4.69, 9.17) is 9.84 Å². The van der Waals surface area contributed by atoms with Crippen molar-refractivity contribution >= 4 is 17.7 Å². The molecule has 0 bridgehead atoms. The molecular formula is C33H31N5O3. The Morgan fingerprint density at radius 2 is 1.63 bits per heavy atom. The minimum atomic E-state index is -0.342. The van der Waals surface area contributed by atoms with Gasteiger partial charge in [-0.1, -0.05) is 60.7 Å². The zero-order valence-electron chi connectivity index (χ0n) is 23.0. The van der Waals surface area contributed by atoms with Crippen LogP contribution < -0.4 is 5.32 Å². The number of nitrogens with one attached hydrogen (secondary N) is 1. The van der Waals surface area contributed by atoms with E-state index in [-0.39, 0.29) is 24.5 Å². The molecule has 0 radical (unpaired) electrons. The minimum absolute atomic E-state index is 0.189. The van der Waals surface area contributed by atoms with Crippen LogP contribution in [0.1, 0.15) is 41.0 Å². The Bertz CT molecular complexity index is 1670. The van der Waals surface area contributed by atoms with Crippen LogP contribution in [0.5, 0.6) is 0 Å². The van der Waals surface area contributed by atoms with Crippen LogP contribution in [0.4, 0.5) is 10.5 Å². The van der Waals surface area contributed by atoms with Gasteiger partial charge >= 0.3 is 12.0 Å². The molecule has 206 valence electrons. The number of rotatable bonds is 6. The summed E-state index contributed by atoms with van der Waals surface area (Å²) in [6.07, 6.45) is 2.23. The molecular weight excluding hydrogens is 514 g/mol. The maximum atomic E-state index is 14.1. The lowest BCUT2D eigenvalue weighted by molar-refractivity contribution is -0.142. The third kappa shape index (κ3) is 5.12. The smallest absolute Gasteiger partial charge is 0.322 e. The minimum Gasteiger partial charge on any atom is -0.466 e. The quantitative estimate of drug-likeness (QED) is 0.257. The molecule has 1 aliphatic heterocycles. The number of para-hydroxylation sites is 1. The van der Waals surface area contributed by atoms with Gasteiger partial charge in [0.2, 0.25) is 0 Å². The molecule has 0 fully saturated rings. The fraction of sp³-hybridized carbons (Fsp3) is 0.182. The van der Waals surface area contributed by atoms with Gasteiger partial charge in [0.05, 0.1) is 42.7 Å². The van der Waals surface area contributed by atoms with Crippen molar-refractivity contribution < 1.29 is 14.3 Å². The van der Waals surface area contributed by atoms with Crippen molar-refractivity contribution in [1.29, 1.82) is 0 Å². The summed E-state index contributed by atoms with van der Waals surface area (Å²) >= 11 is 0. The molecule has 1 unspecified atom stereocenters. The number of hydrogen-bond donors (Lipinski definition) is 1. The number of hydrogen-bond acceptors (Lipinski definition) is 4. The number of benzene rings is 3. The Balaban J connectivity index is 1.39. The molecule has 1 aliphatic rings. The molecule has 6 rings (SSSR count). The number of carbonyl (C=O) groups excluding carboxylic acids is 2. The summed E-state index contributed by atoms with van der Waals surface area (Å²) in [5.41, 5.74) is 6.23. The summed E-state index contributed by atoms with van der Waals surface area (Å²) in [7, 11) is 0. The Kier molecular flexibility index (Phi) is 7.12. The van der Waals surface area contributed by atoms with Crippen molar-refractivity contribution in [1.82, 2.24) is 19.2 Å². The maximum absolute atomic E-state index is 14.1. The second kappa shape index (κ2) is 11.2. The fourth-order valence-electron chi connectivity index (χ4n) is 5.42. The first-order valence-electron chi connectivity index (χ1n) is 13.7. The molecule has 1 N–H and O–H groups in total. The molecule has 3 heterocycles. The number of carbonyl (C=O) groups is 2. The molecule has 0 saturated heterocycles. The molecule has 8 nitrogen and oxygen atoms in total. The van der Waals surface area contributed by atoms with Crippen LogP contribution in [-0.2, 0) is 22.5 Å². The summed E-state index contributed by atoms with van der Waals surface area (Å²) in [6.45, 7) is 4.49. The summed E-state index contributed by atoms with van der Waals surface area (Å²) in [5.74, 6) is 0.651. The van der Waals surface area contributed by atoms with Gasteiger partial charge in [-0.15, -0.1) is 0 Å². The van der Waals surface area contributed by atoms with Gasteiger partial charge in [-0.05, 0) is 61.4 Å². The third-order valence-corrected chi connectivity index (χ3v) is 7.32. The average Bonchev–Trinajstić information content (AvgIpc) is 3.55. The Labute approximate surface area is 238 Å². The van der Waals surface area contributed by atoms with Gasteiger partial charge in [-0.3, -0.25) is 4.79 Å². The van der Waals surface area contributed by atoms with Crippen LogP contribution in [0.15, 0.2) is 103 Å². The van der Waals surface area contributed by atoms with Crippen molar-refractivity contribution in [2.75, 3.05) is 11.9 Å². The molecule has 2 amide bonds. The van der Waals surface area contributed by atoms with Crippen molar-refractivity contribution in [3.63, 3.8) is 0 Å². The van der Waals surface area contributed by atoms with Gasteiger partial charge in [0.1, 0.15) is 5.82 Å². The molecule has 3 aromatic carbocycles. The number of aryl methyl sites for hydroxylation is 1. The van der Waals surface area contributed by atoms with E-state index in [9.17, 15) is 9.59 Å². The topological polar surface area (TPSA) is 81.4 Å². The molecule has 8 heteroatoms. The number of anilines is 1. The maximum Gasteiger partial charge on any atom is 0.322 e. The number of nitrogens with zero attached hydrogens (tertiary/aromatic N) is 4. The van der Waals surface area contributed by atoms with Crippen LogP contribution in [0, 0.1) is 6.92 Å². The molecule has 0 spiro atoms. The summed E-state index contributed by atoms with van der Waals surface area (Å²) in [4.78, 5) is 27.8. The zero-order valence-corrected chi connectivity index (χ0v) is 23.0. The first-order chi connectivity index (χ1) is 20.0. The van der Waals surface area contributed by atoms with Crippen LogP contribution in [-0.4, -0.2) is 37.9 Å². The average molecular weight is 546 g/mol. The van der Waals surface area contributed by atoms with E-state index in [0.29, 0.717) is 18.8 Å². The lowest BCUT2D eigenvalue weighted by Crippen LogP contribution is -2.38. The SMILES string of the molecule is CCOC(=O)Cc1ccc(NC(=O)N2Cc3c(C)nn(-c4ccccc4)c3-n3cccc3C2c2ccccc2)cc1. The highest BCUT2D eigenvalue weighted by atomic mass is 16.5. The second-order valence-electron chi connectivity index (χ2n) is 9.99. The van der Waals surface area contributed by atoms with Crippen LogP contribution >= 0.6 is 0 Å². The van der Waals surface area contributed by atoms with Gasteiger partial charge in [-0.2, -0.15) is 5.10 Å². The monoisotopic (exact) mass is 545 g/mol. The first-order valence-corrected chi connectivity index (χ1v) is 13.7. The van der Waals surface area contributed by atoms with Gasteiger partial charge in [0, 0.05) is 17.4 Å². The van der Waals surface area contributed by atoms with E-state index in [2.05, 4.69) is 28.1 Å². The molecule has 5 aromatic rings. The summed E-state index contributed by atoms with van der Waals surface area (Å²) < 4.78 is 9.16. The van der Waals surface area contributed by atoms with Gasteiger partial charge in [0.25, 0.3) is 0 Å². The number of fused-ring (bicyclic) bond motifs is 3. The lowest BCUT2D eigenvalue weighted by Gasteiger charge is -2.31. The lowest BCUT2D eigenvalue weighted by atomic mass is 10.0. The molecule has 2 aromatic heterocycles. The van der Waals surface area contributed by atoms with E-state index in [1.807, 2.05) is 102 Å². The number of aromatic nitrogens is 3. The summed E-state index contributed by atoms with van der Waals surface area (Å²) in [5, 5.41) is 8.00. The van der Waals surface area contributed by atoms with E-state index < -0.39 is 0 Å². The Morgan fingerprint density at radius 1 is 0.927 bits per heavy atom. The van der Waals surface area contributed by atoms with E-state index in [0.717, 1.165) is 39.6 Å². The highest BCUT2D eigenvalue weighted by Gasteiger charge is 2.36. The normalized spacial score (nSPS) is 14.1. The van der Waals surface area contributed by atoms with Crippen molar-refractivity contribution in [3.8, 4) is 11.5 Å². The number of esters is 1. The fourth-order valence-corrected chi connectivity index (χ4v) is 5.42. The predicted molar refractivity (Wildman–Crippen MR) is 157 cm³/mol. The van der Waals surface area contributed by atoms with E-state index >= 15 is 0 Å². The van der Waals surface area contributed by atoms with Gasteiger partial charge < -0.3 is 19.5 Å². The van der Waals surface area contributed by atoms with Gasteiger partial charge in [-0.25, -0.2) is 9.48 Å². The van der Waals surface area contributed by atoms with E-state index in [1.165, 1.54) is 0 Å².